The molecule has 0 aliphatic carbocycles. The van der Waals surface area contributed by atoms with Crippen LogP contribution in [0.2, 0.25) is 0 Å². The molecule has 7 heteroatoms. The van der Waals surface area contributed by atoms with Crippen LogP contribution in [-0.4, -0.2) is 58.8 Å². The Morgan fingerprint density at radius 3 is 2.70 bits per heavy atom. The molecular formula is C20H30N4O3. The van der Waals surface area contributed by atoms with E-state index >= 15 is 0 Å². The zero-order valence-electron chi connectivity index (χ0n) is 17.0. The topological polar surface area (TPSA) is 61.5 Å². The van der Waals surface area contributed by atoms with Gasteiger partial charge in [0.05, 0.1) is 18.2 Å². The second kappa shape index (κ2) is 8.27. The molecule has 27 heavy (non-hydrogen) atoms. The van der Waals surface area contributed by atoms with Crippen LogP contribution in [0.1, 0.15) is 45.7 Å². The quantitative estimate of drug-likeness (QED) is 0.747. The van der Waals surface area contributed by atoms with Crippen molar-refractivity contribution in [3.63, 3.8) is 0 Å². The lowest BCUT2D eigenvalue weighted by molar-refractivity contribution is 0.0786. The minimum Gasteiger partial charge on any atom is -0.383 e. The van der Waals surface area contributed by atoms with Gasteiger partial charge in [0.1, 0.15) is 12.4 Å². The average molecular weight is 374 g/mol. The molecule has 0 radical (unpaired) electrons. The van der Waals surface area contributed by atoms with Crippen molar-refractivity contribution >= 4 is 5.91 Å². The monoisotopic (exact) mass is 374 g/mol. The van der Waals surface area contributed by atoms with E-state index in [2.05, 4.69) is 21.0 Å². The molecule has 2 aromatic rings. The van der Waals surface area contributed by atoms with Gasteiger partial charge in [-0.3, -0.25) is 4.79 Å². The highest BCUT2D eigenvalue weighted by molar-refractivity contribution is 5.96. The van der Waals surface area contributed by atoms with E-state index in [-0.39, 0.29) is 11.9 Å². The molecule has 1 saturated heterocycles. The highest BCUT2D eigenvalue weighted by atomic mass is 16.5. The maximum absolute atomic E-state index is 13.1. The largest absolute Gasteiger partial charge is 0.383 e. The minimum atomic E-state index is 0.111. The number of rotatable bonds is 7. The van der Waals surface area contributed by atoms with Crippen molar-refractivity contribution in [2.45, 2.75) is 46.4 Å². The van der Waals surface area contributed by atoms with Gasteiger partial charge in [0.25, 0.3) is 5.91 Å². The van der Waals surface area contributed by atoms with Crippen molar-refractivity contribution in [1.29, 1.82) is 0 Å². The number of carbonyl (C=O) groups excluding carboxylic acids is 1. The summed E-state index contributed by atoms with van der Waals surface area (Å²) in [6.07, 6.45) is 2.81. The van der Waals surface area contributed by atoms with Crippen LogP contribution in [0.15, 0.2) is 12.3 Å². The first kappa shape index (κ1) is 19.6. The van der Waals surface area contributed by atoms with Crippen LogP contribution in [0, 0.1) is 20.8 Å². The highest BCUT2D eigenvalue weighted by Gasteiger charge is 2.31. The third-order valence-electron chi connectivity index (χ3n) is 5.47. The van der Waals surface area contributed by atoms with Crippen LogP contribution in [0.5, 0.6) is 0 Å². The summed E-state index contributed by atoms with van der Waals surface area (Å²) in [6, 6.07) is 2.25. The van der Waals surface area contributed by atoms with Crippen LogP contribution in [-0.2, 0) is 22.6 Å². The minimum absolute atomic E-state index is 0.111. The molecule has 7 nitrogen and oxygen atoms in total. The van der Waals surface area contributed by atoms with Crippen LogP contribution >= 0.6 is 0 Å². The lowest BCUT2D eigenvalue weighted by Crippen LogP contribution is -2.30. The van der Waals surface area contributed by atoms with Crippen molar-refractivity contribution in [2.24, 2.45) is 0 Å². The van der Waals surface area contributed by atoms with Crippen LogP contribution in [0.4, 0.5) is 0 Å². The predicted molar refractivity (Wildman–Crippen MR) is 103 cm³/mol. The molecule has 0 bridgehead atoms. The zero-order valence-corrected chi connectivity index (χ0v) is 17.0. The molecule has 1 aliphatic rings. The van der Waals surface area contributed by atoms with E-state index in [9.17, 15) is 4.79 Å². The number of ether oxygens (including phenoxy) is 2. The fraction of sp³-hybridized carbons (Fsp3) is 0.600. The number of carbonyl (C=O) groups is 1. The molecule has 0 aromatic carbocycles. The van der Waals surface area contributed by atoms with Gasteiger partial charge in [-0.2, -0.15) is 0 Å². The van der Waals surface area contributed by atoms with Crippen molar-refractivity contribution in [2.75, 3.05) is 33.9 Å². The van der Waals surface area contributed by atoms with Gasteiger partial charge in [-0.1, -0.05) is 0 Å². The second-order valence-electron chi connectivity index (χ2n) is 7.24. The summed E-state index contributed by atoms with van der Waals surface area (Å²) in [5.74, 6) is 1.03. The molecule has 0 saturated carbocycles. The molecule has 0 N–H and O–H groups in total. The number of aryl methyl sites for hydroxylation is 2. The molecule has 2 aromatic heterocycles. The Morgan fingerprint density at radius 2 is 2.00 bits per heavy atom. The molecule has 1 unspecified atom stereocenters. The van der Waals surface area contributed by atoms with Gasteiger partial charge < -0.3 is 23.5 Å². The molecular weight excluding hydrogens is 344 g/mol. The van der Waals surface area contributed by atoms with E-state index in [1.165, 1.54) is 0 Å². The molecule has 1 aliphatic heterocycles. The van der Waals surface area contributed by atoms with Crippen LogP contribution in [0.25, 0.3) is 0 Å². The second-order valence-corrected chi connectivity index (χ2v) is 7.24. The first-order chi connectivity index (χ1) is 13.0. The SMILES string of the molecule is COCCn1c(C)cc(C(=O)N2CCC(n3c(C)cnc3COC)C2)c1C. The van der Waals surface area contributed by atoms with Crippen molar-refractivity contribution in [1.82, 2.24) is 19.0 Å². The molecule has 1 fully saturated rings. The Bertz CT molecular complexity index is 808. The standard InChI is InChI=1S/C20H30N4O3/c1-14-10-18(16(3)23(14)8-9-26-4)20(25)22-7-6-17(12-22)24-15(2)11-21-19(24)13-27-5/h10-11,17H,6-9,12-13H2,1-5H3. The number of methoxy groups -OCH3 is 2. The van der Waals surface area contributed by atoms with Gasteiger partial charge in [-0.25, -0.2) is 4.98 Å². The summed E-state index contributed by atoms with van der Waals surface area (Å²) in [4.78, 5) is 19.6. The first-order valence-electron chi connectivity index (χ1n) is 9.44. The number of imidazole rings is 1. The molecule has 3 rings (SSSR count). The number of nitrogens with zero attached hydrogens (tertiary/aromatic N) is 4. The number of aromatic nitrogens is 3. The third kappa shape index (κ3) is 3.80. The van der Waals surface area contributed by atoms with Gasteiger partial charge in [-0.05, 0) is 33.3 Å². The van der Waals surface area contributed by atoms with Gasteiger partial charge >= 0.3 is 0 Å². The summed E-state index contributed by atoms with van der Waals surface area (Å²) >= 11 is 0. The summed E-state index contributed by atoms with van der Waals surface area (Å²) in [5, 5.41) is 0. The van der Waals surface area contributed by atoms with E-state index in [4.69, 9.17) is 9.47 Å². The molecule has 1 amide bonds. The first-order valence-corrected chi connectivity index (χ1v) is 9.44. The summed E-state index contributed by atoms with van der Waals surface area (Å²) < 4.78 is 14.8. The highest BCUT2D eigenvalue weighted by Crippen LogP contribution is 2.27. The Morgan fingerprint density at radius 1 is 1.22 bits per heavy atom. The maximum atomic E-state index is 13.1. The van der Waals surface area contributed by atoms with Gasteiger partial charge in [0, 0.05) is 57.1 Å². The summed E-state index contributed by atoms with van der Waals surface area (Å²) in [5.41, 5.74) is 4.01. The Hall–Kier alpha value is -2.12. The van der Waals surface area contributed by atoms with Gasteiger partial charge in [0.2, 0.25) is 0 Å². The molecule has 148 valence electrons. The molecule has 3 heterocycles. The predicted octanol–water partition coefficient (Wildman–Crippen LogP) is 2.49. The van der Waals surface area contributed by atoms with Crippen LogP contribution in [0.3, 0.4) is 0 Å². The van der Waals surface area contributed by atoms with E-state index < -0.39 is 0 Å². The Kier molecular flexibility index (Phi) is 6.01. The van der Waals surface area contributed by atoms with Crippen molar-refractivity contribution < 1.29 is 14.3 Å². The lowest BCUT2D eigenvalue weighted by Gasteiger charge is -2.20. The van der Waals surface area contributed by atoms with E-state index in [0.29, 0.717) is 19.8 Å². The molecule has 0 spiro atoms. The fourth-order valence-corrected chi connectivity index (χ4v) is 4.08. The van der Waals surface area contributed by atoms with E-state index in [1.54, 1.807) is 14.2 Å². The number of amides is 1. The fourth-order valence-electron chi connectivity index (χ4n) is 4.08. The van der Waals surface area contributed by atoms with Gasteiger partial charge in [-0.15, -0.1) is 0 Å². The Balaban J connectivity index is 1.76. The van der Waals surface area contributed by atoms with Crippen molar-refractivity contribution in [3.8, 4) is 0 Å². The number of hydrogen-bond donors (Lipinski definition) is 0. The average Bonchev–Trinajstić information content (AvgIpc) is 3.32. The number of hydrogen-bond acceptors (Lipinski definition) is 4. The van der Waals surface area contributed by atoms with Crippen molar-refractivity contribution in [3.05, 3.63) is 40.7 Å². The smallest absolute Gasteiger partial charge is 0.255 e. The molecule has 1 atom stereocenters. The lowest BCUT2D eigenvalue weighted by atomic mass is 10.2. The third-order valence-corrected chi connectivity index (χ3v) is 5.47. The maximum Gasteiger partial charge on any atom is 0.255 e. The normalized spacial score (nSPS) is 17.1. The van der Waals surface area contributed by atoms with E-state index in [1.807, 2.05) is 31.0 Å². The van der Waals surface area contributed by atoms with Gasteiger partial charge in [0.15, 0.2) is 0 Å². The zero-order chi connectivity index (χ0) is 19.6. The van der Waals surface area contributed by atoms with Crippen LogP contribution < -0.4 is 0 Å². The van der Waals surface area contributed by atoms with E-state index in [0.717, 1.165) is 48.0 Å². The number of likely N-dealkylation sites (tertiary alicyclic amines) is 1. The Labute approximate surface area is 160 Å². The summed E-state index contributed by atoms with van der Waals surface area (Å²) in [7, 11) is 3.37. The summed E-state index contributed by atoms with van der Waals surface area (Å²) in [6.45, 7) is 9.46.